The molecule has 116 valence electrons. The molecule has 0 radical (unpaired) electrons. The number of thioether (sulfide) groups is 1. The zero-order valence-corrected chi connectivity index (χ0v) is 13.3. The van der Waals surface area contributed by atoms with Gasteiger partial charge in [0.1, 0.15) is 13.2 Å². The quantitative estimate of drug-likeness (QED) is 0.875. The van der Waals surface area contributed by atoms with Gasteiger partial charge in [0.15, 0.2) is 11.5 Å². The van der Waals surface area contributed by atoms with Crippen molar-refractivity contribution in [3.8, 4) is 11.5 Å². The molecule has 3 rings (SSSR count). The first-order valence-corrected chi connectivity index (χ1v) is 8.78. The lowest BCUT2D eigenvalue weighted by Crippen LogP contribution is -2.21. The van der Waals surface area contributed by atoms with E-state index in [0.717, 1.165) is 29.6 Å². The molecule has 4 nitrogen and oxygen atoms in total. The lowest BCUT2D eigenvalue weighted by molar-refractivity contribution is 0.129. The Bertz CT molecular complexity index is 463. The van der Waals surface area contributed by atoms with Crippen molar-refractivity contribution in [2.24, 2.45) is 0 Å². The van der Waals surface area contributed by atoms with Crippen LogP contribution < -0.4 is 14.8 Å². The zero-order chi connectivity index (χ0) is 14.5. The minimum atomic E-state index is 0.326. The van der Waals surface area contributed by atoms with Crippen LogP contribution in [0, 0.1) is 0 Å². The highest BCUT2D eigenvalue weighted by atomic mass is 32.2. The van der Waals surface area contributed by atoms with Crippen LogP contribution in [0.3, 0.4) is 0 Å². The Kier molecular flexibility index (Phi) is 5.27. The third kappa shape index (κ3) is 3.84. The lowest BCUT2D eigenvalue weighted by Gasteiger charge is -2.22. The second-order valence-corrected chi connectivity index (χ2v) is 6.49. The van der Waals surface area contributed by atoms with Gasteiger partial charge >= 0.3 is 0 Å². The molecule has 1 N–H and O–H groups in total. The molecule has 1 fully saturated rings. The first-order chi connectivity index (χ1) is 10.4. The molecule has 21 heavy (non-hydrogen) atoms. The monoisotopic (exact) mass is 309 g/mol. The molecular weight excluding hydrogens is 286 g/mol. The number of rotatable bonds is 6. The van der Waals surface area contributed by atoms with Crippen molar-refractivity contribution in [2.75, 3.05) is 38.4 Å². The van der Waals surface area contributed by atoms with Gasteiger partial charge in [0, 0.05) is 24.2 Å². The molecule has 5 heteroatoms. The number of benzene rings is 1. The molecular formula is C16H23NO3S. The maximum atomic E-state index is 5.67. The van der Waals surface area contributed by atoms with E-state index < -0.39 is 0 Å². The fourth-order valence-corrected chi connectivity index (χ4v) is 3.97. The topological polar surface area (TPSA) is 39.7 Å². The minimum absolute atomic E-state index is 0.326. The third-order valence-corrected chi connectivity index (χ3v) is 5.11. The number of hydrogen-bond donors (Lipinski definition) is 1. The second kappa shape index (κ2) is 7.38. The van der Waals surface area contributed by atoms with E-state index in [1.165, 1.54) is 18.4 Å². The molecule has 0 bridgehead atoms. The SMILES string of the molecule is CNC(CSCC1CCCO1)c1ccc2c(c1)OCCO2. The van der Waals surface area contributed by atoms with Crippen molar-refractivity contribution in [1.29, 1.82) is 0 Å². The van der Waals surface area contributed by atoms with Crippen LogP contribution in [-0.2, 0) is 4.74 Å². The summed E-state index contributed by atoms with van der Waals surface area (Å²) in [5.41, 5.74) is 1.25. The van der Waals surface area contributed by atoms with E-state index in [2.05, 4.69) is 17.4 Å². The van der Waals surface area contributed by atoms with Gasteiger partial charge in [0.2, 0.25) is 0 Å². The van der Waals surface area contributed by atoms with Crippen molar-refractivity contribution >= 4 is 11.8 Å². The second-order valence-electron chi connectivity index (χ2n) is 5.42. The molecule has 0 saturated carbocycles. The first kappa shape index (κ1) is 15.0. The first-order valence-electron chi connectivity index (χ1n) is 7.63. The van der Waals surface area contributed by atoms with E-state index in [1.807, 2.05) is 24.9 Å². The summed E-state index contributed by atoms with van der Waals surface area (Å²) in [7, 11) is 2.01. The summed E-state index contributed by atoms with van der Waals surface area (Å²) < 4.78 is 16.9. The maximum absolute atomic E-state index is 5.67. The fraction of sp³-hybridized carbons (Fsp3) is 0.625. The molecule has 2 heterocycles. The molecule has 2 unspecified atom stereocenters. The van der Waals surface area contributed by atoms with Crippen LogP contribution in [0.2, 0.25) is 0 Å². The van der Waals surface area contributed by atoms with Crippen molar-refractivity contribution in [1.82, 2.24) is 5.32 Å². The van der Waals surface area contributed by atoms with Crippen LogP contribution in [0.5, 0.6) is 11.5 Å². The van der Waals surface area contributed by atoms with Gasteiger partial charge in [-0.2, -0.15) is 11.8 Å². The van der Waals surface area contributed by atoms with Crippen molar-refractivity contribution in [2.45, 2.75) is 25.0 Å². The standard InChI is InChI=1S/C16H23NO3S/c1-17-14(11-21-10-13-3-2-6-18-13)12-4-5-15-16(9-12)20-8-7-19-15/h4-5,9,13-14,17H,2-3,6-8,10-11H2,1H3. The van der Waals surface area contributed by atoms with E-state index in [0.29, 0.717) is 25.4 Å². The van der Waals surface area contributed by atoms with Crippen LogP contribution in [0.1, 0.15) is 24.4 Å². The average Bonchev–Trinajstić information content (AvgIpc) is 3.04. The van der Waals surface area contributed by atoms with E-state index >= 15 is 0 Å². The summed E-state index contributed by atoms with van der Waals surface area (Å²) in [5.74, 6) is 3.84. The van der Waals surface area contributed by atoms with E-state index in [9.17, 15) is 0 Å². The van der Waals surface area contributed by atoms with E-state index in [-0.39, 0.29) is 0 Å². The number of nitrogens with one attached hydrogen (secondary N) is 1. The lowest BCUT2D eigenvalue weighted by atomic mass is 10.1. The Morgan fingerprint density at radius 1 is 1.24 bits per heavy atom. The van der Waals surface area contributed by atoms with Gasteiger partial charge in [-0.15, -0.1) is 0 Å². The summed E-state index contributed by atoms with van der Waals surface area (Å²) >= 11 is 1.96. The Morgan fingerprint density at radius 3 is 2.86 bits per heavy atom. The molecule has 2 atom stereocenters. The normalized spacial score (nSPS) is 22.2. The Morgan fingerprint density at radius 2 is 2.10 bits per heavy atom. The van der Waals surface area contributed by atoms with Crippen LogP contribution in [0.25, 0.3) is 0 Å². The molecule has 2 aliphatic heterocycles. The van der Waals surface area contributed by atoms with Crippen LogP contribution in [-0.4, -0.2) is 44.5 Å². The number of fused-ring (bicyclic) bond motifs is 1. The Labute approximate surface area is 130 Å². The van der Waals surface area contributed by atoms with Gasteiger partial charge in [-0.1, -0.05) is 6.07 Å². The van der Waals surface area contributed by atoms with Gasteiger partial charge in [-0.25, -0.2) is 0 Å². The molecule has 0 amide bonds. The summed E-state index contributed by atoms with van der Waals surface area (Å²) in [5, 5.41) is 3.39. The van der Waals surface area contributed by atoms with Gasteiger partial charge in [-0.3, -0.25) is 0 Å². The predicted molar refractivity (Wildman–Crippen MR) is 85.5 cm³/mol. The summed E-state index contributed by atoms with van der Waals surface area (Å²) in [4.78, 5) is 0. The van der Waals surface area contributed by atoms with Gasteiger partial charge in [0.25, 0.3) is 0 Å². The maximum Gasteiger partial charge on any atom is 0.161 e. The van der Waals surface area contributed by atoms with Gasteiger partial charge in [0.05, 0.1) is 6.10 Å². The molecule has 1 aromatic rings. The molecule has 1 aromatic carbocycles. The minimum Gasteiger partial charge on any atom is -0.486 e. The highest BCUT2D eigenvalue weighted by Gasteiger charge is 2.18. The fourth-order valence-electron chi connectivity index (χ4n) is 2.72. The molecule has 1 saturated heterocycles. The van der Waals surface area contributed by atoms with E-state index in [4.69, 9.17) is 14.2 Å². The highest BCUT2D eigenvalue weighted by Crippen LogP contribution is 2.33. The Hall–Kier alpha value is -0.910. The van der Waals surface area contributed by atoms with Crippen molar-refractivity contribution in [3.05, 3.63) is 23.8 Å². The zero-order valence-electron chi connectivity index (χ0n) is 12.5. The molecule has 2 aliphatic rings. The summed E-state index contributed by atoms with van der Waals surface area (Å²) in [6.07, 6.45) is 2.87. The summed E-state index contributed by atoms with van der Waals surface area (Å²) in [6, 6.07) is 6.56. The molecule has 0 aromatic heterocycles. The summed E-state index contributed by atoms with van der Waals surface area (Å²) in [6.45, 7) is 2.20. The van der Waals surface area contributed by atoms with Crippen LogP contribution in [0.15, 0.2) is 18.2 Å². The Balaban J connectivity index is 1.57. The number of hydrogen-bond acceptors (Lipinski definition) is 5. The average molecular weight is 309 g/mol. The van der Waals surface area contributed by atoms with Crippen LogP contribution >= 0.6 is 11.8 Å². The molecule has 0 aliphatic carbocycles. The van der Waals surface area contributed by atoms with Crippen molar-refractivity contribution < 1.29 is 14.2 Å². The van der Waals surface area contributed by atoms with Crippen LogP contribution in [0.4, 0.5) is 0 Å². The van der Waals surface area contributed by atoms with E-state index in [1.54, 1.807) is 0 Å². The largest absolute Gasteiger partial charge is 0.486 e. The third-order valence-electron chi connectivity index (χ3n) is 3.93. The molecule has 0 spiro atoms. The van der Waals surface area contributed by atoms with Gasteiger partial charge in [-0.05, 0) is 37.6 Å². The highest BCUT2D eigenvalue weighted by molar-refractivity contribution is 7.99. The number of ether oxygens (including phenoxy) is 3. The smallest absolute Gasteiger partial charge is 0.161 e. The predicted octanol–water partition coefficient (Wildman–Crippen LogP) is 2.63. The van der Waals surface area contributed by atoms with Crippen molar-refractivity contribution in [3.63, 3.8) is 0 Å². The van der Waals surface area contributed by atoms with Gasteiger partial charge < -0.3 is 19.5 Å².